The lowest BCUT2D eigenvalue weighted by atomic mass is 10.0. The van der Waals surface area contributed by atoms with Crippen molar-refractivity contribution in [1.82, 2.24) is 10.2 Å². The molecule has 0 aliphatic heterocycles. The maximum absolute atomic E-state index is 14.4. The molecule has 0 spiro atoms. The molecule has 4 aromatic carbocycles. The molecule has 0 saturated carbocycles. The summed E-state index contributed by atoms with van der Waals surface area (Å²) in [5.41, 5.74) is 2.03. The van der Waals surface area contributed by atoms with E-state index in [1.165, 1.54) is 17.0 Å². The molecular weight excluding hydrogens is 741 g/mol. The lowest BCUT2D eigenvalue weighted by molar-refractivity contribution is -0.140. The number of carbonyl (C=O) groups excluding carboxylic acids is 2. The second kappa shape index (κ2) is 15.0. The van der Waals surface area contributed by atoms with Gasteiger partial charge in [-0.05, 0) is 96.1 Å². The number of amides is 2. The molecule has 0 saturated heterocycles. The van der Waals surface area contributed by atoms with Gasteiger partial charge in [0, 0.05) is 27.1 Å². The summed E-state index contributed by atoms with van der Waals surface area (Å²) in [6.07, 6.45) is 0.258. The number of hydrogen-bond donors (Lipinski definition) is 1. The van der Waals surface area contributed by atoms with E-state index in [-0.39, 0.29) is 29.8 Å². The molecule has 0 radical (unpaired) electrons. The number of halogens is 2. The first-order valence-electron chi connectivity index (χ1n) is 13.8. The van der Waals surface area contributed by atoms with E-state index in [0.717, 1.165) is 23.5 Å². The Morgan fingerprint density at radius 1 is 0.837 bits per heavy atom. The number of carbonyl (C=O) groups is 2. The van der Waals surface area contributed by atoms with E-state index in [0.29, 0.717) is 5.69 Å². The van der Waals surface area contributed by atoms with Crippen LogP contribution in [0.3, 0.4) is 0 Å². The number of benzene rings is 4. The van der Waals surface area contributed by atoms with Gasteiger partial charge in [-0.1, -0.05) is 76.6 Å². The molecule has 0 heterocycles. The predicted molar refractivity (Wildman–Crippen MR) is 182 cm³/mol. The third kappa shape index (κ3) is 8.90. The Morgan fingerprint density at radius 3 is 2.05 bits per heavy atom. The van der Waals surface area contributed by atoms with Gasteiger partial charge in [0.15, 0.2) is 0 Å². The third-order valence-electron chi connectivity index (χ3n) is 6.67. The average molecular weight is 775 g/mol. The molecule has 1 atom stereocenters. The SMILES string of the molecule is CC(C)NC(=O)[C@@H](Cc1ccccc1)N(Cc1cccc(Br)c1)C(=O)CN(c1ccc(I)cc1)S(=O)(=O)c1ccccc1. The van der Waals surface area contributed by atoms with Gasteiger partial charge in [-0.3, -0.25) is 13.9 Å². The van der Waals surface area contributed by atoms with Crippen molar-refractivity contribution in [2.24, 2.45) is 0 Å². The third-order valence-corrected chi connectivity index (χ3v) is 9.67. The van der Waals surface area contributed by atoms with E-state index in [9.17, 15) is 18.0 Å². The molecule has 7 nitrogen and oxygen atoms in total. The van der Waals surface area contributed by atoms with Crippen molar-refractivity contribution < 1.29 is 18.0 Å². The average Bonchev–Trinajstić information content (AvgIpc) is 2.98. The van der Waals surface area contributed by atoms with Gasteiger partial charge in [-0.15, -0.1) is 0 Å². The summed E-state index contributed by atoms with van der Waals surface area (Å²) < 4.78 is 30.8. The van der Waals surface area contributed by atoms with Gasteiger partial charge in [0.25, 0.3) is 10.0 Å². The Hall–Kier alpha value is -3.22. The zero-order chi connectivity index (χ0) is 31.0. The van der Waals surface area contributed by atoms with Crippen LogP contribution in [0.15, 0.2) is 119 Å². The summed E-state index contributed by atoms with van der Waals surface area (Å²) in [6.45, 7) is 3.34. The number of sulfonamides is 1. The Balaban J connectivity index is 1.79. The van der Waals surface area contributed by atoms with Gasteiger partial charge in [0.1, 0.15) is 12.6 Å². The fourth-order valence-electron chi connectivity index (χ4n) is 4.62. The van der Waals surface area contributed by atoms with Crippen LogP contribution in [0, 0.1) is 3.57 Å². The molecule has 4 rings (SSSR count). The summed E-state index contributed by atoms with van der Waals surface area (Å²) in [4.78, 5) is 29.7. The van der Waals surface area contributed by atoms with Crippen molar-refractivity contribution >= 4 is 66.0 Å². The van der Waals surface area contributed by atoms with Crippen LogP contribution in [0.5, 0.6) is 0 Å². The van der Waals surface area contributed by atoms with Crippen molar-refractivity contribution in [3.05, 3.63) is 128 Å². The van der Waals surface area contributed by atoms with Gasteiger partial charge in [0.2, 0.25) is 11.8 Å². The minimum atomic E-state index is -4.12. The molecule has 224 valence electrons. The normalized spacial score (nSPS) is 12.0. The predicted octanol–water partition coefficient (Wildman–Crippen LogP) is 6.41. The molecule has 0 fully saturated rings. The molecule has 10 heteroatoms. The summed E-state index contributed by atoms with van der Waals surface area (Å²) in [6, 6.07) is 30.9. The van der Waals surface area contributed by atoms with Crippen LogP contribution in [0.2, 0.25) is 0 Å². The van der Waals surface area contributed by atoms with Crippen molar-refractivity contribution in [3.63, 3.8) is 0 Å². The Morgan fingerprint density at radius 2 is 1.44 bits per heavy atom. The Kier molecular flexibility index (Phi) is 11.4. The van der Waals surface area contributed by atoms with E-state index in [1.54, 1.807) is 42.5 Å². The van der Waals surface area contributed by atoms with E-state index < -0.39 is 28.5 Å². The molecule has 43 heavy (non-hydrogen) atoms. The van der Waals surface area contributed by atoms with Crippen LogP contribution in [-0.2, 0) is 32.6 Å². The van der Waals surface area contributed by atoms with E-state index in [2.05, 4.69) is 43.8 Å². The highest BCUT2D eigenvalue weighted by molar-refractivity contribution is 14.1. The zero-order valence-electron chi connectivity index (χ0n) is 23.9. The van der Waals surface area contributed by atoms with Gasteiger partial charge >= 0.3 is 0 Å². The van der Waals surface area contributed by atoms with Crippen LogP contribution in [-0.4, -0.2) is 43.8 Å². The minimum absolute atomic E-state index is 0.0678. The van der Waals surface area contributed by atoms with E-state index in [1.807, 2.05) is 68.4 Å². The summed E-state index contributed by atoms with van der Waals surface area (Å²) in [7, 11) is -4.12. The quantitative estimate of drug-likeness (QED) is 0.169. The first-order chi connectivity index (χ1) is 20.5. The summed E-state index contributed by atoms with van der Waals surface area (Å²) >= 11 is 5.65. The molecule has 1 N–H and O–H groups in total. The van der Waals surface area contributed by atoms with Gasteiger partial charge in [-0.25, -0.2) is 8.42 Å². The maximum Gasteiger partial charge on any atom is 0.264 e. The maximum atomic E-state index is 14.4. The van der Waals surface area contributed by atoms with Crippen molar-refractivity contribution in [3.8, 4) is 0 Å². The largest absolute Gasteiger partial charge is 0.352 e. The highest BCUT2D eigenvalue weighted by atomic mass is 127. The first-order valence-corrected chi connectivity index (χ1v) is 17.1. The number of nitrogens with one attached hydrogen (secondary N) is 1. The minimum Gasteiger partial charge on any atom is -0.352 e. The summed E-state index contributed by atoms with van der Waals surface area (Å²) in [5.74, 6) is -0.813. The van der Waals surface area contributed by atoms with Crippen LogP contribution in [0.1, 0.15) is 25.0 Å². The van der Waals surface area contributed by atoms with Crippen molar-refractivity contribution in [2.75, 3.05) is 10.8 Å². The highest BCUT2D eigenvalue weighted by Gasteiger charge is 2.34. The molecule has 0 bridgehead atoms. The topological polar surface area (TPSA) is 86.8 Å². The highest BCUT2D eigenvalue weighted by Crippen LogP contribution is 2.26. The van der Waals surface area contributed by atoms with Crippen molar-refractivity contribution in [1.29, 1.82) is 0 Å². The van der Waals surface area contributed by atoms with Crippen LogP contribution < -0.4 is 9.62 Å². The number of anilines is 1. The molecule has 2 amide bonds. The number of rotatable bonds is 12. The van der Waals surface area contributed by atoms with Crippen LogP contribution in [0.4, 0.5) is 5.69 Å². The molecule has 0 aromatic heterocycles. The Labute approximate surface area is 275 Å². The van der Waals surface area contributed by atoms with E-state index >= 15 is 0 Å². The standard InChI is InChI=1S/C33H33BrIN3O4S/c1-24(2)36-33(40)31(21-25-10-5-3-6-11-25)37(22-26-12-9-13-27(34)20-26)32(39)23-38(29-18-16-28(35)17-19-29)43(41,42)30-14-7-4-8-15-30/h3-20,24,31H,21-23H2,1-2H3,(H,36,40)/t31-/m1/s1. The van der Waals surface area contributed by atoms with Gasteiger partial charge < -0.3 is 10.2 Å². The van der Waals surface area contributed by atoms with Gasteiger partial charge in [0.05, 0.1) is 10.6 Å². The monoisotopic (exact) mass is 773 g/mol. The fraction of sp³-hybridized carbons (Fsp3) is 0.212. The Bertz CT molecular complexity index is 1640. The molecular formula is C33H33BrIN3O4S. The fourth-order valence-corrected chi connectivity index (χ4v) is 6.86. The van der Waals surface area contributed by atoms with Gasteiger partial charge in [-0.2, -0.15) is 0 Å². The van der Waals surface area contributed by atoms with Crippen LogP contribution in [0.25, 0.3) is 0 Å². The van der Waals surface area contributed by atoms with Crippen LogP contribution >= 0.6 is 38.5 Å². The molecule has 0 aliphatic rings. The molecule has 0 unspecified atom stereocenters. The first kappa shape index (κ1) is 32.7. The number of hydrogen-bond acceptors (Lipinski definition) is 4. The lowest BCUT2D eigenvalue weighted by Crippen LogP contribution is -2.54. The lowest BCUT2D eigenvalue weighted by Gasteiger charge is -2.34. The van der Waals surface area contributed by atoms with E-state index in [4.69, 9.17) is 0 Å². The molecule has 4 aromatic rings. The smallest absolute Gasteiger partial charge is 0.264 e. The number of nitrogens with zero attached hydrogens (tertiary/aromatic N) is 2. The summed E-state index contributed by atoms with van der Waals surface area (Å²) in [5, 5.41) is 2.97. The second-order valence-corrected chi connectivity index (χ2v) is 14.3. The van der Waals surface area contributed by atoms with Crippen molar-refractivity contribution in [2.45, 2.75) is 43.8 Å². The zero-order valence-corrected chi connectivity index (χ0v) is 28.4. The molecule has 0 aliphatic carbocycles. The second-order valence-electron chi connectivity index (χ2n) is 10.3.